The van der Waals surface area contributed by atoms with E-state index in [4.69, 9.17) is 10.5 Å². The van der Waals surface area contributed by atoms with Crippen molar-refractivity contribution in [3.63, 3.8) is 0 Å². The van der Waals surface area contributed by atoms with E-state index < -0.39 is 0 Å². The number of aryl methyl sites for hydroxylation is 1. The molecule has 1 aromatic carbocycles. The number of hydrogen-bond acceptors (Lipinski definition) is 3. The molecule has 4 heteroatoms. The fraction of sp³-hybridized carbons (Fsp3) is 0.462. The lowest BCUT2D eigenvalue weighted by Crippen LogP contribution is -2.31. The van der Waals surface area contributed by atoms with Crippen LogP contribution in [-0.4, -0.2) is 26.6 Å². The van der Waals surface area contributed by atoms with Crippen LogP contribution >= 0.6 is 0 Å². The molecule has 1 heterocycles. The van der Waals surface area contributed by atoms with Gasteiger partial charge < -0.3 is 15.4 Å². The van der Waals surface area contributed by atoms with Gasteiger partial charge in [-0.15, -0.1) is 0 Å². The lowest BCUT2D eigenvalue weighted by molar-refractivity contribution is -0.118. The number of carbonyl (C=O) groups is 1. The molecule has 92 valence electrons. The van der Waals surface area contributed by atoms with Gasteiger partial charge in [0, 0.05) is 19.5 Å². The van der Waals surface area contributed by atoms with Crippen LogP contribution in [0.3, 0.4) is 0 Å². The number of fused-ring (bicyclic) bond motifs is 1. The third-order valence-corrected chi connectivity index (χ3v) is 3.24. The molecule has 0 radical (unpaired) electrons. The minimum atomic E-state index is 0.158. The molecule has 0 bridgehead atoms. The van der Waals surface area contributed by atoms with Crippen molar-refractivity contribution in [2.75, 3.05) is 25.6 Å². The van der Waals surface area contributed by atoms with Gasteiger partial charge in [0.2, 0.25) is 5.91 Å². The van der Waals surface area contributed by atoms with Crippen LogP contribution in [0.2, 0.25) is 0 Å². The third-order valence-electron chi connectivity index (χ3n) is 3.24. The number of amides is 1. The summed E-state index contributed by atoms with van der Waals surface area (Å²) in [5.74, 6) is 0.974. The maximum Gasteiger partial charge on any atom is 0.227 e. The zero-order valence-corrected chi connectivity index (χ0v) is 10.3. The molecule has 0 atom stereocenters. The number of methoxy groups -OCH3 is 1. The molecule has 4 nitrogen and oxygen atoms in total. The molecule has 0 aromatic heterocycles. The number of anilines is 1. The van der Waals surface area contributed by atoms with Crippen molar-refractivity contribution >= 4 is 11.6 Å². The number of benzene rings is 1. The molecular formula is C13H18N2O2. The predicted molar refractivity (Wildman–Crippen MR) is 67.5 cm³/mol. The SMILES string of the molecule is COc1cc2c(cc1CCN)CCC(=O)N2C. The number of nitrogens with two attached hydrogens (primary N) is 1. The van der Waals surface area contributed by atoms with Gasteiger partial charge in [-0.1, -0.05) is 0 Å². The Labute approximate surface area is 101 Å². The first kappa shape index (κ1) is 11.9. The minimum Gasteiger partial charge on any atom is -0.496 e. The number of ether oxygens (including phenoxy) is 1. The van der Waals surface area contributed by atoms with Gasteiger partial charge in [-0.05, 0) is 36.6 Å². The first-order chi connectivity index (χ1) is 8.17. The molecule has 1 aliphatic rings. The number of rotatable bonds is 3. The maximum absolute atomic E-state index is 11.6. The quantitative estimate of drug-likeness (QED) is 0.852. The van der Waals surface area contributed by atoms with Crippen molar-refractivity contribution in [2.45, 2.75) is 19.3 Å². The highest BCUT2D eigenvalue weighted by molar-refractivity contribution is 5.96. The zero-order chi connectivity index (χ0) is 12.4. The largest absolute Gasteiger partial charge is 0.496 e. The molecule has 0 saturated carbocycles. The van der Waals surface area contributed by atoms with E-state index in [9.17, 15) is 4.79 Å². The van der Waals surface area contributed by atoms with Gasteiger partial charge in [0.15, 0.2) is 0 Å². The van der Waals surface area contributed by atoms with E-state index in [2.05, 4.69) is 6.07 Å². The summed E-state index contributed by atoms with van der Waals surface area (Å²) in [6.07, 6.45) is 2.19. The zero-order valence-electron chi connectivity index (χ0n) is 10.3. The molecule has 0 aliphatic carbocycles. The Bertz CT molecular complexity index is 443. The Kier molecular flexibility index (Phi) is 3.33. The van der Waals surface area contributed by atoms with Gasteiger partial charge >= 0.3 is 0 Å². The van der Waals surface area contributed by atoms with E-state index in [0.29, 0.717) is 13.0 Å². The molecular weight excluding hydrogens is 216 g/mol. The van der Waals surface area contributed by atoms with E-state index >= 15 is 0 Å². The molecule has 0 fully saturated rings. The second kappa shape index (κ2) is 4.75. The van der Waals surface area contributed by atoms with Crippen LogP contribution in [0.1, 0.15) is 17.5 Å². The Morgan fingerprint density at radius 1 is 1.41 bits per heavy atom. The van der Waals surface area contributed by atoms with Crippen molar-refractivity contribution in [3.05, 3.63) is 23.3 Å². The molecule has 0 unspecified atom stereocenters. The summed E-state index contributed by atoms with van der Waals surface area (Å²) in [6.45, 7) is 0.601. The molecule has 0 saturated heterocycles. The Morgan fingerprint density at radius 2 is 2.18 bits per heavy atom. The van der Waals surface area contributed by atoms with Gasteiger partial charge in [-0.3, -0.25) is 4.79 Å². The molecule has 17 heavy (non-hydrogen) atoms. The van der Waals surface area contributed by atoms with E-state index in [1.807, 2.05) is 13.1 Å². The highest BCUT2D eigenvalue weighted by atomic mass is 16.5. The summed E-state index contributed by atoms with van der Waals surface area (Å²) in [7, 11) is 3.45. The first-order valence-corrected chi connectivity index (χ1v) is 5.83. The molecule has 0 spiro atoms. The average molecular weight is 234 g/mol. The smallest absolute Gasteiger partial charge is 0.227 e. The minimum absolute atomic E-state index is 0.158. The molecule has 1 aromatic rings. The first-order valence-electron chi connectivity index (χ1n) is 5.83. The lowest BCUT2D eigenvalue weighted by atomic mass is 9.97. The Balaban J connectivity index is 2.46. The van der Waals surface area contributed by atoms with E-state index in [1.165, 1.54) is 5.56 Å². The van der Waals surface area contributed by atoms with Crippen molar-refractivity contribution < 1.29 is 9.53 Å². The second-order valence-electron chi connectivity index (χ2n) is 4.28. The predicted octanol–water partition coefficient (Wildman–Crippen LogP) is 1.11. The summed E-state index contributed by atoms with van der Waals surface area (Å²) < 4.78 is 5.35. The molecule has 1 amide bonds. The van der Waals surface area contributed by atoms with Crippen LogP contribution in [0.4, 0.5) is 5.69 Å². The van der Waals surface area contributed by atoms with Crippen LogP contribution in [-0.2, 0) is 17.6 Å². The summed E-state index contributed by atoms with van der Waals surface area (Å²) >= 11 is 0. The fourth-order valence-electron chi connectivity index (χ4n) is 2.26. The number of nitrogens with zero attached hydrogens (tertiary/aromatic N) is 1. The topological polar surface area (TPSA) is 55.6 Å². The molecule has 2 N–H and O–H groups in total. The average Bonchev–Trinajstić information content (AvgIpc) is 2.34. The molecule has 1 aliphatic heterocycles. The summed E-state index contributed by atoms with van der Waals surface area (Å²) in [5, 5.41) is 0. The highest BCUT2D eigenvalue weighted by Crippen LogP contribution is 2.33. The van der Waals surface area contributed by atoms with E-state index in [1.54, 1.807) is 12.0 Å². The van der Waals surface area contributed by atoms with Crippen LogP contribution in [0.25, 0.3) is 0 Å². The van der Waals surface area contributed by atoms with Gasteiger partial charge in [0.05, 0.1) is 12.8 Å². The van der Waals surface area contributed by atoms with Crippen LogP contribution in [0.15, 0.2) is 12.1 Å². The van der Waals surface area contributed by atoms with E-state index in [-0.39, 0.29) is 5.91 Å². The number of hydrogen-bond donors (Lipinski definition) is 1. The van der Waals surface area contributed by atoms with Gasteiger partial charge in [-0.2, -0.15) is 0 Å². The Hall–Kier alpha value is -1.55. The van der Waals surface area contributed by atoms with Crippen molar-refractivity contribution in [1.82, 2.24) is 0 Å². The third kappa shape index (κ3) is 2.13. The standard InChI is InChI=1S/C13H18N2O2/c1-15-11-8-12(17-2)10(5-6-14)7-9(11)3-4-13(15)16/h7-8H,3-6,14H2,1-2H3. The molecule has 2 rings (SSSR count). The second-order valence-corrected chi connectivity index (χ2v) is 4.28. The van der Waals surface area contributed by atoms with Crippen molar-refractivity contribution in [1.29, 1.82) is 0 Å². The summed E-state index contributed by atoms with van der Waals surface area (Å²) in [6, 6.07) is 4.06. The Morgan fingerprint density at radius 3 is 2.82 bits per heavy atom. The van der Waals surface area contributed by atoms with Crippen LogP contribution in [0, 0.1) is 0 Å². The van der Waals surface area contributed by atoms with Crippen molar-refractivity contribution in [3.8, 4) is 5.75 Å². The van der Waals surface area contributed by atoms with Crippen molar-refractivity contribution in [2.24, 2.45) is 5.73 Å². The number of carbonyl (C=O) groups excluding carboxylic acids is 1. The van der Waals surface area contributed by atoms with Gasteiger partial charge in [0.1, 0.15) is 5.75 Å². The highest BCUT2D eigenvalue weighted by Gasteiger charge is 2.22. The van der Waals surface area contributed by atoms with E-state index in [0.717, 1.165) is 29.8 Å². The maximum atomic E-state index is 11.6. The van der Waals surface area contributed by atoms with Crippen LogP contribution in [0.5, 0.6) is 5.75 Å². The fourth-order valence-corrected chi connectivity index (χ4v) is 2.26. The van der Waals surface area contributed by atoms with Crippen LogP contribution < -0.4 is 15.4 Å². The lowest BCUT2D eigenvalue weighted by Gasteiger charge is -2.27. The normalized spacial score (nSPS) is 14.8. The van der Waals surface area contributed by atoms with Gasteiger partial charge in [-0.25, -0.2) is 0 Å². The summed E-state index contributed by atoms with van der Waals surface area (Å²) in [4.78, 5) is 13.3. The monoisotopic (exact) mass is 234 g/mol. The summed E-state index contributed by atoms with van der Waals surface area (Å²) in [5.41, 5.74) is 8.87. The van der Waals surface area contributed by atoms with Gasteiger partial charge in [0.25, 0.3) is 0 Å².